The van der Waals surface area contributed by atoms with Gasteiger partial charge in [0.1, 0.15) is 5.82 Å². The van der Waals surface area contributed by atoms with Crippen LogP contribution in [0.15, 0.2) is 42.7 Å². The Bertz CT molecular complexity index is 450. The molecule has 0 radical (unpaired) electrons. The zero-order chi connectivity index (χ0) is 12.1. The Morgan fingerprint density at radius 1 is 1.29 bits per heavy atom. The molecule has 0 amide bonds. The zero-order valence-electron chi connectivity index (χ0n) is 10.1. The first-order valence-corrected chi connectivity index (χ1v) is 5.96. The van der Waals surface area contributed by atoms with Crippen LogP contribution in [-0.4, -0.2) is 14.7 Å². The van der Waals surface area contributed by atoms with Crippen LogP contribution in [0.25, 0.3) is 0 Å². The summed E-state index contributed by atoms with van der Waals surface area (Å²) in [5, 5.41) is 9.99. The van der Waals surface area contributed by atoms with Gasteiger partial charge >= 0.3 is 0 Å². The highest BCUT2D eigenvalue weighted by Crippen LogP contribution is 2.18. The molecule has 1 aromatic heterocycles. The molecule has 0 bridgehead atoms. The second-order valence-electron chi connectivity index (χ2n) is 4.27. The molecular weight excluding hydrogens is 212 g/mol. The summed E-state index contributed by atoms with van der Waals surface area (Å²) in [5.74, 6) is 1.07. The first-order valence-electron chi connectivity index (χ1n) is 5.96. The minimum atomic E-state index is -0.364. The molecule has 0 aliphatic carbocycles. The van der Waals surface area contributed by atoms with Gasteiger partial charge in [-0.25, -0.2) is 4.98 Å². The SMILES string of the molecule is Cn1ccnc1CCCC(O)c1ccccc1. The van der Waals surface area contributed by atoms with E-state index in [-0.39, 0.29) is 6.10 Å². The number of aryl methyl sites for hydroxylation is 2. The Kier molecular flexibility index (Phi) is 3.94. The average molecular weight is 230 g/mol. The fraction of sp³-hybridized carbons (Fsp3) is 0.357. The molecule has 3 heteroatoms. The molecule has 0 saturated carbocycles. The Balaban J connectivity index is 1.81. The minimum absolute atomic E-state index is 0.364. The van der Waals surface area contributed by atoms with Gasteiger partial charge in [0.25, 0.3) is 0 Å². The van der Waals surface area contributed by atoms with Crippen LogP contribution in [0.3, 0.4) is 0 Å². The maximum Gasteiger partial charge on any atom is 0.108 e. The summed E-state index contributed by atoms with van der Waals surface area (Å²) in [4.78, 5) is 4.27. The van der Waals surface area contributed by atoms with E-state index in [9.17, 15) is 5.11 Å². The fourth-order valence-corrected chi connectivity index (χ4v) is 1.93. The first kappa shape index (κ1) is 11.9. The van der Waals surface area contributed by atoms with Crippen LogP contribution in [0.2, 0.25) is 0 Å². The van der Waals surface area contributed by atoms with Gasteiger partial charge in [-0.15, -0.1) is 0 Å². The van der Waals surface area contributed by atoms with E-state index in [0.717, 1.165) is 30.7 Å². The van der Waals surface area contributed by atoms with Gasteiger partial charge in [-0.2, -0.15) is 0 Å². The zero-order valence-corrected chi connectivity index (χ0v) is 10.1. The molecule has 0 aliphatic rings. The van der Waals surface area contributed by atoms with Gasteiger partial charge in [0.15, 0.2) is 0 Å². The number of rotatable bonds is 5. The Morgan fingerprint density at radius 3 is 2.71 bits per heavy atom. The number of imidazole rings is 1. The third-order valence-corrected chi connectivity index (χ3v) is 2.98. The number of hydrogen-bond acceptors (Lipinski definition) is 2. The fourth-order valence-electron chi connectivity index (χ4n) is 1.93. The van der Waals surface area contributed by atoms with Crippen molar-refractivity contribution in [3.05, 3.63) is 54.1 Å². The van der Waals surface area contributed by atoms with Crippen molar-refractivity contribution in [1.82, 2.24) is 9.55 Å². The maximum atomic E-state index is 9.99. The second-order valence-corrected chi connectivity index (χ2v) is 4.27. The summed E-state index contributed by atoms with van der Waals surface area (Å²) < 4.78 is 2.02. The van der Waals surface area contributed by atoms with Crippen LogP contribution >= 0.6 is 0 Å². The molecule has 1 N–H and O–H groups in total. The van der Waals surface area contributed by atoms with Crippen molar-refractivity contribution >= 4 is 0 Å². The van der Waals surface area contributed by atoms with Gasteiger partial charge in [-0.1, -0.05) is 30.3 Å². The molecule has 17 heavy (non-hydrogen) atoms. The number of aromatic nitrogens is 2. The van der Waals surface area contributed by atoms with Crippen molar-refractivity contribution < 1.29 is 5.11 Å². The molecule has 0 saturated heterocycles. The summed E-state index contributed by atoms with van der Waals surface area (Å²) in [6.45, 7) is 0. The van der Waals surface area contributed by atoms with Crippen molar-refractivity contribution in [2.45, 2.75) is 25.4 Å². The molecule has 1 aromatic carbocycles. The third-order valence-electron chi connectivity index (χ3n) is 2.98. The second kappa shape index (κ2) is 5.64. The van der Waals surface area contributed by atoms with Crippen LogP contribution in [0.1, 0.15) is 30.3 Å². The molecule has 1 atom stereocenters. The smallest absolute Gasteiger partial charge is 0.108 e. The van der Waals surface area contributed by atoms with Crippen LogP contribution in [-0.2, 0) is 13.5 Å². The molecule has 0 fully saturated rings. The minimum Gasteiger partial charge on any atom is -0.388 e. The summed E-state index contributed by atoms with van der Waals surface area (Å²) >= 11 is 0. The highest BCUT2D eigenvalue weighted by molar-refractivity contribution is 5.17. The van der Waals surface area contributed by atoms with Crippen LogP contribution < -0.4 is 0 Å². The number of nitrogens with zero attached hydrogens (tertiary/aromatic N) is 2. The van der Waals surface area contributed by atoms with E-state index in [1.165, 1.54) is 0 Å². The van der Waals surface area contributed by atoms with Gasteiger partial charge < -0.3 is 9.67 Å². The van der Waals surface area contributed by atoms with Gasteiger partial charge in [0.2, 0.25) is 0 Å². The Hall–Kier alpha value is -1.61. The van der Waals surface area contributed by atoms with Crippen molar-refractivity contribution in [3.8, 4) is 0 Å². The molecule has 3 nitrogen and oxygen atoms in total. The van der Waals surface area contributed by atoms with E-state index in [1.807, 2.05) is 54.3 Å². The third kappa shape index (κ3) is 3.17. The number of benzene rings is 1. The quantitative estimate of drug-likeness (QED) is 0.857. The highest BCUT2D eigenvalue weighted by atomic mass is 16.3. The lowest BCUT2D eigenvalue weighted by Crippen LogP contribution is -2.01. The lowest BCUT2D eigenvalue weighted by atomic mass is 10.0. The normalized spacial score (nSPS) is 12.6. The van der Waals surface area contributed by atoms with Crippen molar-refractivity contribution in [2.75, 3.05) is 0 Å². The molecule has 1 heterocycles. The summed E-state index contributed by atoms with van der Waals surface area (Å²) in [5.41, 5.74) is 0.993. The largest absolute Gasteiger partial charge is 0.388 e. The van der Waals surface area contributed by atoms with Crippen LogP contribution in [0, 0.1) is 0 Å². The van der Waals surface area contributed by atoms with E-state index in [0.29, 0.717) is 0 Å². The summed E-state index contributed by atoms with van der Waals surface area (Å²) in [6.07, 6.45) is 6.02. The van der Waals surface area contributed by atoms with E-state index in [1.54, 1.807) is 0 Å². The lowest BCUT2D eigenvalue weighted by Gasteiger charge is -2.10. The van der Waals surface area contributed by atoms with Gasteiger partial charge in [0.05, 0.1) is 6.10 Å². The summed E-state index contributed by atoms with van der Waals surface area (Å²) in [7, 11) is 2.00. The number of hydrogen-bond donors (Lipinski definition) is 1. The van der Waals surface area contributed by atoms with Crippen LogP contribution in [0.5, 0.6) is 0 Å². The number of aliphatic hydroxyl groups is 1. The van der Waals surface area contributed by atoms with Gasteiger partial charge in [-0.3, -0.25) is 0 Å². The highest BCUT2D eigenvalue weighted by Gasteiger charge is 2.07. The molecule has 2 rings (SSSR count). The predicted molar refractivity (Wildman–Crippen MR) is 67.5 cm³/mol. The maximum absolute atomic E-state index is 9.99. The predicted octanol–water partition coefficient (Wildman–Crippen LogP) is 2.48. The Labute approximate surface area is 102 Å². The van der Waals surface area contributed by atoms with Crippen molar-refractivity contribution in [1.29, 1.82) is 0 Å². The van der Waals surface area contributed by atoms with Crippen LogP contribution in [0.4, 0.5) is 0 Å². The van der Waals surface area contributed by atoms with Crippen molar-refractivity contribution in [3.63, 3.8) is 0 Å². The first-order chi connectivity index (χ1) is 8.27. The molecule has 0 spiro atoms. The molecular formula is C14H18N2O. The topological polar surface area (TPSA) is 38.0 Å². The molecule has 90 valence electrons. The molecule has 2 aromatic rings. The standard InChI is InChI=1S/C14H18N2O/c1-16-11-10-15-14(16)9-5-8-13(17)12-6-3-2-4-7-12/h2-4,6-7,10-11,13,17H,5,8-9H2,1H3. The van der Waals surface area contributed by atoms with Gasteiger partial charge in [-0.05, 0) is 18.4 Å². The van der Waals surface area contributed by atoms with E-state index < -0.39 is 0 Å². The number of aliphatic hydroxyl groups excluding tert-OH is 1. The molecule has 1 unspecified atom stereocenters. The lowest BCUT2D eigenvalue weighted by molar-refractivity contribution is 0.164. The van der Waals surface area contributed by atoms with E-state index in [4.69, 9.17) is 0 Å². The molecule has 0 aliphatic heterocycles. The van der Waals surface area contributed by atoms with Gasteiger partial charge in [0, 0.05) is 25.9 Å². The Morgan fingerprint density at radius 2 is 2.06 bits per heavy atom. The summed E-state index contributed by atoms with van der Waals surface area (Å²) in [6, 6.07) is 9.80. The van der Waals surface area contributed by atoms with E-state index >= 15 is 0 Å². The van der Waals surface area contributed by atoms with Crippen molar-refractivity contribution in [2.24, 2.45) is 7.05 Å². The average Bonchev–Trinajstić information content (AvgIpc) is 2.76. The van der Waals surface area contributed by atoms with E-state index in [2.05, 4.69) is 4.98 Å². The monoisotopic (exact) mass is 230 g/mol.